The first kappa shape index (κ1) is 15.4. The molecule has 2 rings (SSSR count). The molecule has 1 N–H and O–H groups in total. The quantitative estimate of drug-likeness (QED) is 0.844. The second-order valence-electron chi connectivity index (χ2n) is 4.79. The fraction of sp³-hybridized carbons (Fsp3) is 0.235. The molecule has 0 aliphatic carbocycles. The highest BCUT2D eigenvalue weighted by molar-refractivity contribution is 7.98. The summed E-state index contributed by atoms with van der Waals surface area (Å²) in [6.45, 7) is 3.76. The van der Waals surface area contributed by atoms with Crippen LogP contribution >= 0.6 is 11.8 Å². The van der Waals surface area contributed by atoms with Gasteiger partial charge in [0.15, 0.2) is 6.10 Å². The minimum absolute atomic E-state index is 0.158. The van der Waals surface area contributed by atoms with E-state index in [9.17, 15) is 4.79 Å². The summed E-state index contributed by atoms with van der Waals surface area (Å²) in [5, 5.41) is 2.87. The zero-order valence-corrected chi connectivity index (χ0v) is 13.2. The van der Waals surface area contributed by atoms with E-state index in [0.717, 1.165) is 16.1 Å². The second-order valence-corrected chi connectivity index (χ2v) is 5.67. The third-order valence-electron chi connectivity index (χ3n) is 3.04. The van der Waals surface area contributed by atoms with Crippen LogP contribution in [0.15, 0.2) is 53.4 Å². The van der Waals surface area contributed by atoms with E-state index in [0.29, 0.717) is 5.75 Å². The van der Waals surface area contributed by atoms with Gasteiger partial charge >= 0.3 is 0 Å². The molecule has 110 valence electrons. The Morgan fingerprint density at radius 3 is 2.57 bits per heavy atom. The second kappa shape index (κ2) is 7.18. The number of benzene rings is 2. The molecule has 1 atom stereocenters. The van der Waals surface area contributed by atoms with Crippen molar-refractivity contribution in [1.82, 2.24) is 0 Å². The van der Waals surface area contributed by atoms with Gasteiger partial charge in [-0.2, -0.15) is 0 Å². The molecule has 2 aromatic rings. The van der Waals surface area contributed by atoms with Crippen LogP contribution in [0.5, 0.6) is 5.75 Å². The molecule has 2 aromatic carbocycles. The molecule has 0 aromatic heterocycles. The van der Waals surface area contributed by atoms with Crippen LogP contribution in [0.3, 0.4) is 0 Å². The van der Waals surface area contributed by atoms with E-state index in [1.54, 1.807) is 18.7 Å². The first-order valence-corrected chi connectivity index (χ1v) is 7.99. The highest BCUT2D eigenvalue weighted by atomic mass is 32.2. The largest absolute Gasteiger partial charge is 0.481 e. The van der Waals surface area contributed by atoms with Crippen LogP contribution in [0.2, 0.25) is 0 Å². The first-order valence-electron chi connectivity index (χ1n) is 6.77. The Hall–Kier alpha value is -1.94. The van der Waals surface area contributed by atoms with Crippen LogP contribution in [0.4, 0.5) is 5.69 Å². The minimum Gasteiger partial charge on any atom is -0.481 e. The lowest BCUT2D eigenvalue weighted by Gasteiger charge is -2.15. The summed E-state index contributed by atoms with van der Waals surface area (Å²) in [4.78, 5) is 13.3. The third kappa shape index (κ3) is 4.53. The maximum Gasteiger partial charge on any atom is 0.265 e. The Balaban J connectivity index is 1.97. The van der Waals surface area contributed by atoms with Gasteiger partial charge in [0, 0.05) is 10.6 Å². The number of carbonyl (C=O) groups is 1. The lowest BCUT2D eigenvalue weighted by molar-refractivity contribution is -0.122. The number of aryl methyl sites for hydroxylation is 1. The van der Waals surface area contributed by atoms with Crippen molar-refractivity contribution in [2.45, 2.75) is 24.8 Å². The lowest BCUT2D eigenvalue weighted by atomic mass is 10.2. The molecule has 0 aliphatic rings. The van der Waals surface area contributed by atoms with E-state index in [1.165, 1.54) is 0 Å². The van der Waals surface area contributed by atoms with Gasteiger partial charge in [0.25, 0.3) is 5.91 Å². The van der Waals surface area contributed by atoms with E-state index >= 15 is 0 Å². The smallest absolute Gasteiger partial charge is 0.265 e. The SMILES string of the molecule is CSc1cccc(NC(=O)C(C)Oc2ccc(C)cc2)c1. The number of rotatable bonds is 5. The van der Waals surface area contributed by atoms with Crippen molar-refractivity contribution in [1.29, 1.82) is 0 Å². The zero-order chi connectivity index (χ0) is 15.2. The molecule has 21 heavy (non-hydrogen) atoms. The number of carbonyl (C=O) groups excluding carboxylic acids is 1. The minimum atomic E-state index is -0.550. The molecule has 1 amide bonds. The normalized spacial score (nSPS) is 11.8. The van der Waals surface area contributed by atoms with Crippen molar-refractivity contribution in [3.63, 3.8) is 0 Å². The number of hydrogen-bond acceptors (Lipinski definition) is 3. The molecule has 0 bridgehead atoms. The van der Waals surface area contributed by atoms with Gasteiger partial charge in [-0.25, -0.2) is 0 Å². The van der Waals surface area contributed by atoms with Crippen LogP contribution in [-0.2, 0) is 4.79 Å². The first-order chi connectivity index (χ1) is 10.1. The molecule has 0 aliphatic heterocycles. The maximum absolute atomic E-state index is 12.1. The van der Waals surface area contributed by atoms with E-state index in [2.05, 4.69) is 5.32 Å². The van der Waals surface area contributed by atoms with Gasteiger partial charge in [-0.05, 0) is 50.4 Å². The molecule has 4 heteroatoms. The number of amides is 1. The average molecular weight is 301 g/mol. The van der Waals surface area contributed by atoms with Gasteiger partial charge < -0.3 is 10.1 Å². The molecule has 0 radical (unpaired) electrons. The number of ether oxygens (including phenoxy) is 1. The van der Waals surface area contributed by atoms with E-state index in [4.69, 9.17) is 4.74 Å². The summed E-state index contributed by atoms with van der Waals surface area (Å²) in [5.41, 5.74) is 1.94. The lowest BCUT2D eigenvalue weighted by Crippen LogP contribution is -2.30. The van der Waals surface area contributed by atoms with Crippen molar-refractivity contribution in [3.05, 3.63) is 54.1 Å². The number of nitrogens with one attached hydrogen (secondary N) is 1. The number of thioether (sulfide) groups is 1. The van der Waals surface area contributed by atoms with Crippen molar-refractivity contribution in [2.75, 3.05) is 11.6 Å². The fourth-order valence-corrected chi connectivity index (χ4v) is 2.28. The van der Waals surface area contributed by atoms with Gasteiger partial charge in [0.2, 0.25) is 0 Å². The van der Waals surface area contributed by atoms with Gasteiger partial charge in [-0.15, -0.1) is 11.8 Å². The van der Waals surface area contributed by atoms with Crippen molar-refractivity contribution in [3.8, 4) is 5.75 Å². The number of anilines is 1. The molecule has 3 nitrogen and oxygen atoms in total. The Kier molecular flexibility index (Phi) is 5.28. The van der Waals surface area contributed by atoms with Gasteiger partial charge in [0.05, 0.1) is 0 Å². The summed E-state index contributed by atoms with van der Waals surface area (Å²) >= 11 is 1.64. The average Bonchev–Trinajstić information content (AvgIpc) is 2.49. The summed E-state index contributed by atoms with van der Waals surface area (Å²) < 4.78 is 5.64. The van der Waals surface area contributed by atoms with Gasteiger partial charge in [0.1, 0.15) is 5.75 Å². The molecule has 0 saturated heterocycles. The summed E-state index contributed by atoms with van der Waals surface area (Å²) in [6, 6.07) is 15.4. The fourth-order valence-electron chi connectivity index (χ4n) is 1.82. The molecule has 0 fully saturated rings. The zero-order valence-electron chi connectivity index (χ0n) is 12.4. The van der Waals surface area contributed by atoms with E-state index in [1.807, 2.05) is 61.7 Å². The Morgan fingerprint density at radius 1 is 1.19 bits per heavy atom. The Bertz CT molecular complexity index is 610. The van der Waals surface area contributed by atoms with Gasteiger partial charge in [-0.3, -0.25) is 4.79 Å². The van der Waals surface area contributed by atoms with Gasteiger partial charge in [-0.1, -0.05) is 23.8 Å². The standard InChI is InChI=1S/C17H19NO2S/c1-12-7-9-15(10-8-12)20-13(2)17(19)18-14-5-4-6-16(11-14)21-3/h4-11,13H,1-3H3,(H,18,19). The molecule has 0 heterocycles. The topological polar surface area (TPSA) is 38.3 Å². The highest BCUT2D eigenvalue weighted by Gasteiger charge is 2.14. The van der Waals surface area contributed by atoms with Crippen LogP contribution in [-0.4, -0.2) is 18.3 Å². The third-order valence-corrected chi connectivity index (χ3v) is 3.77. The summed E-state index contributed by atoms with van der Waals surface area (Å²) in [7, 11) is 0. The summed E-state index contributed by atoms with van der Waals surface area (Å²) in [5.74, 6) is 0.537. The molecule has 1 unspecified atom stereocenters. The Morgan fingerprint density at radius 2 is 1.90 bits per heavy atom. The molecular weight excluding hydrogens is 282 g/mol. The Labute approximate surface area is 129 Å². The molecule has 0 spiro atoms. The summed E-state index contributed by atoms with van der Waals surface area (Å²) in [6.07, 6.45) is 1.45. The van der Waals surface area contributed by atoms with E-state index < -0.39 is 6.10 Å². The van der Waals surface area contributed by atoms with Crippen LogP contribution < -0.4 is 10.1 Å². The molecule has 0 saturated carbocycles. The predicted octanol–water partition coefficient (Wildman–Crippen LogP) is 4.12. The predicted molar refractivity (Wildman–Crippen MR) is 88.1 cm³/mol. The highest BCUT2D eigenvalue weighted by Crippen LogP contribution is 2.19. The van der Waals surface area contributed by atoms with Crippen LogP contribution in [0, 0.1) is 6.92 Å². The molecular formula is C17H19NO2S. The van der Waals surface area contributed by atoms with Crippen LogP contribution in [0.25, 0.3) is 0 Å². The number of hydrogen-bond donors (Lipinski definition) is 1. The van der Waals surface area contributed by atoms with Crippen molar-refractivity contribution in [2.24, 2.45) is 0 Å². The van der Waals surface area contributed by atoms with Crippen molar-refractivity contribution < 1.29 is 9.53 Å². The van der Waals surface area contributed by atoms with Crippen LogP contribution in [0.1, 0.15) is 12.5 Å². The van der Waals surface area contributed by atoms with E-state index in [-0.39, 0.29) is 5.91 Å². The monoisotopic (exact) mass is 301 g/mol. The van der Waals surface area contributed by atoms with Crippen molar-refractivity contribution >= 4 is 23.4 Å². The maximum atomic E-state index is 12.1.